The van der Waals surface area contributed by atoms with Gasteiger partial charge in [-0.25, -0.2) is 9.59 Å². The maximum atomic E-state index is 13.4. The Labute approximate surface area is 276 Å². The standard InChI is InChI=1S/C32H38N6O10/c1-18(2)27(37-28(42)21-8-10-22(11-9-21)31(45)48-38-25(40)14-15-26(38)41)30(44)36-24(5-4-16-34-32(33)46)29(43)35-23-12-6-20(7-13-23)17-47-19(3)39/h6-13,18,24,27H,4-5,14-17H2,1-3H3,(H,35,43)(H,36,44)(H,37,42)(H3,33,34,46)/t24-,27-/m0/s1. The number of ether oxygens (including phenoxy) is 1. The molecular formula is C32H38N6O10. The summed E-state index contributed by atoms with van der Waals surface area (Å²) in [6, 6.07) is 8.85. The Hall–Kier alpha value is -5.80. The fourth-order valence-electron chi connectivity index (χ4n) is 4.46. The van der Waals surface area contributed by atoms with Crippen molar-refractivity contribution in [3.8, 4) is 0 Å². The zero-order chi connectivity index (χ0) is 35.4. The number of anilines is 1. The van der Waals surface area contributed by atoms with Crippen molar-refractivity contribution < 1.29 is 47.9 Å². The summed E-state index contributed by atoms with van der Waals surface area (Å²) in [6.45, 7) is 4.92. The van der Waals surface area contributed by atoms with E-state index in [1.54, 1.807) is 38.1 Å². The van der Waals surface area contributed by atoms with Gasteiger partial charge < -0.3 is 36.6 Å². The van der Waals surface area contributed by atoms with E-state index in [4.69, 9.17) is 15.3 Å². The molecule has 2 atom stereocenters. The Kier molecular flexibility index (Phi) is 13.1. The largest absolute Gasteiger partial charge is 0.461 e. The number of carbonyl (C=O) groups excluding carboxylic acids is 8. The first-order valence-corrected chi connectivity index (χ1v) is 15.1. The van der Waals surface area contributed by atoms with E-state index >= 15 is 0 Å². The third-order valence-electron chi connectivity index (χ3n) is 7.06. The van der Waals surface area contributed by atoms with Crippen LogP contribution in [0.4, 0.5) is 10.5 Å². The molecule has 1 heterocycles. The molecule has 256 valence electrons. The molecule has 3 rings (SSSR count). The van der Waals surface area contributed by atoms with Gasteiger partial charge in [0.15, 0.2) is 0 Å². The number of rotatable bonds is 15. The summed E-state index contributed by atoms with van der Waals surface area (Å²) in [4.78, 5) is 103. The van der Waals surface area contributed by atoms with Gasteiger partial charge in [0.25, 0.3) is 17.7 Å². The van der Waals surface area contributed by atoms with Gasteiger partial charge in [-0.15, -0.1) is 5.06 Å². The molecule has 1 aliphatic heterocycles. The first kappa shape index (κ1) is 36.7. The van der Waals surface area contributed by atoms with Crippen LogP contribution in [0.1, 0.15) is 72.7 Å². The fraction of sp³-hybridized carbons (Fsp3) is 0.375. The Morgan fingerprint density at radius 1 is 0.854 bits per heavy atom. The maximum Gasteiger partial charge on any atom is 0.363 e. The summed E-state index contributed by atoms with van der Waals surface area (Å²) in [5, 5.41) is 10.9. The average molecular weight is 667 g/mol. The van der Waals surface area contributed by atoms with Crippen molar-refractivity contribution in [3.63, 3.8) is 0 Å². The minimum atomic E-state index is -1.08. The van der Waals surface area contributed by atoms with Crippen molar-refractivity contribution >= 4 is 53.2 Å². The van der Waals surface area contributed by atoms with Crippen molar-refractivity contribution in [2.24, 2.45) is 11.7 Å². The molecule has 0 saturated carbocycles. The first-order chi connectivity index (χ1) is 22.7. The molecule has 6 N–H and O–H groups in total. The summed E-state index contributed by atoms with van der Waals surface area (Å²) >= 11 is 0. The van der Waals surface area contributed by atoms with Crippen LogP contribution in [0.25, 0.3) is 0 Å². The van der Waals surface area contributed by atoms with Gasteiger partial charge in [-0.2, -0.15) is 0 Å². The summed E-state index contributed by atoms with van der Waals surface area (Å²) < 4.78 is 4.96. The number of nitrogens with one attached hydrogen (secondary N) is 4. The number of carbonyl (C=O) groups is 8. The molecule has 0 aromatic heterocycles. The molecule has 1 fully saturated rings. The molecule has 1 aliphatic rings. The number of amides is 7. The van der Waals surface area contributed by atoms with Crippen molar-refractivity contribution in [2.75, 3.05) is 11.9 Å². The van der Waals surface area contributed by atoms with Crippen molar-refractivity contribution in [3.05, 3.63) is 65.2 Å². The number of hydrogen-bond donors (Lipinski definition) is 5. The normalized spacial score (nSPS) is 13.7. The van der Waals surface area contributed by atoms with Crippen molar-refractivity contribution in [2.45, 2.75) is 65.1 Å². The molecule has 0 spiro atoms. The van der Waals surface area contributed by atoms with Crippen LogP contribution in [0.3, 0.4) is 0 Å². The predicted octanol–water partition coefficient (Wildman–Crippen LogP) is 1.30. The SMILES string of the molecule is CC(=O)OCc1ccc(NC(=O)[C@H](CCCNC(N)=O)NC(=O)[C@@H](NC(=O)c2ccc(C(=O)ON3C(=O)CCC3=O)cc2)C(C)C)cc1. The quantitative estimate of drug-likeness (QED) is 0.104. The molecule has 2 aromatic rings. The van der Waals surface area contributed by atoms with Crippen LogP contribution in [0, 0.1) is 5.92 Å². The zero-order valence-corrected chi connectivity index (χ0v) is 26.7. The summed E-state index contributed by atoms with van der Waals surface area (Å²) in [7, 11) is 0. The molecule has 0 bridgehead atoms. The highest BCUT2D eigenvalue weighted by Crippen LogP contribution is 2.16. The van der Waals surface area contributed by atoms with Gasteiger partial charge in [-0.05, 0) is 60.7 Å². The number of hydroxylamine groups is 2. The van der Waals surface area contributed by atoms with E-state index in [2.05, 4.69) is 21.3 Å². The summed E-state index contributed by atoms with van der Waals surface area (Å²) in [5.74, 6) is -4.90. The molecule has 16 heteroatoms. The Morgan fingerprint density at radius 3 is 2.02 bits per heavy atom. The lowest BCUT2D eigenvalue weighted by Crippen LogP contribution is -2.54. The van der Waals surface area contributed by atoms with Crippen molar-refractivity contribution in [1.29, 1.82) is 0 Å². The highest BCUT2D eigenvalue weighted by atomic mass is 16.7. The van der Waals surface area contributed by atoms with Gasteiger partial charge >= 0.3 is 18.0 Å². The number of esters is 1. The van der Waals surface area contributed by atoms with E-state index < -0.39 is 65.5 Å². The topological polar surface area (TPSA) is 232 Å². The van der Waals surface area contributed by atoms with Crippen LogP contribution >= 0.6 is 0 Å². The summed E-state index contributed by atoms with van der Waals surface area (Å²) in [5.41, 5.74) is 6.32. The Morgan fingerprint density at radius 2 is 1.46 bits per heavy atom. The fourth-order valence-corrected chi connectivity index (χ4v) is 4.46. The smallest absolute Gasteiger partial charge is 0.363 e. The van der Waals surface area contributed by atoms with Crippen LogP contribution in [0.5, 0.6) is 0 Å². The zero-order valence-electron chi connectivity index (χ0n) is 26.7. The number of imide groups is 1. The highest BCUT2D eigenvalue weighted by Gasteiger charge is 2.33. The van der Waals surface area contributed by atoms with Crippen molar-refractivity contribution in [1.82, 2.24) is 21.0 Å². The Balaban J connectivity index is 1.66. The number of nitrogens with two attached hydrogens (primary N) is 1. The molecular weight excluding hydrogens is 628 g/mol. The number of urea groups is 1. The van der Waals surface area contributed by atoms with E-state index in [9.17, 15) is 38.4 Å². The Bertz CT molecular complexity index is 1530. The third kappa shape index (κ3) is 10.9. The minimum Gasteiger partial charge on any atom is -0.461 e. The average Bonchev–Trinajstić information content (AvgIpc) is 3.36. The lowest BCUT2D eigenvalue weighted by molar-refractivity contribution is -0.172. The lowest BCUT2D eigenvalue weighted by atomic mass is 10.0. The second-order valence-corrected chi connectivity index (χ2v) is 11.2. The molecule has 7 amide bonds. The third-order valence-corrected chi connectivity index (χ3v) is 7.06. The highest BCUT2D eigenvalue weighted by molar-refractivity contribution is 6.03. The number of nitrogens with zero attached hydrogens (tertiary/aromatic N) is 1. The van der Waals surface area contributed by atoms with Crippen LogP contribution in [-0.4, -0.2) is 71.2 Å². The molecule has 16 nitrogen and oxygen atoms in total. The van der Waals surface area contributed by atoms with Gasteiger partial charge in [0.05, 0.1) is 5.56 Å². The molecule has 48 heavy (non-hydrogen) atoms. The number of hydrogen-bond acceptors (Lipinski definition) is 10. The second-order valence-electron chi connectivity index (χ2n) is 11.2. The van der Waals surface area contributed by atoms with Gasteiger partial charge in [0, 0.05) is 37.6 Å². The second kappa shape index (κ2) is 17.2. The van der Waals surface area contributed by atoms with Gasteiger partial charge in [0.2, 0.25) is 11.8 Å². The van der Waals surface area contributed by atoms with Gasteiger partial charge in [0.1, 0.15) is 18.7 Å². The van der Waals surface area contributed by atoms with E-state index in [1.807, 2.05) is 0 Å². The molecule has 0 aliphatic carbocycles. The molecule has 0 radical (unpaired) electrons. The van der Waals surface area contributed by atoms with Crippen LogP contribution in [-0.2, 0) is 40.2 Å². The van der Waals surface area contributed by atoms with Gasteiger partial charge in [-0.3, -0.25) is 28.8 Å². The molecule has 0 unspecified atom stereocenters. The van der Waals surface area contributed by atoms with E-state index in [0.717, 1.165) is 0 Å². The lowest BCUT2D eigenvalue weighted by Gasteiger charge is -2.25. The monoisotopic (exact) mass is 666 g/mol. The number of benzene rings is 2. The minimum absolute atomic E-state index is 0.0177. The molecule has 1 saturated heterocycles. The maximum absolute atomic E-state index is 13.4. The van der Waals surface area contributed by atoms with E-state index in [-0.39, 0.29) is 50.0 Å². The predicted molar refractivity (Wildman–Crippen MR) is 168 cm³/mol. The van der Waals surface area contributed by atoms with Crippen LogP contribution < -0.4 is 27.0 Å². The summed E-state index contributed by atoms with van der Waals surface area (Å²) in [6.07, 6.45) is 0.299. The van der Waals surface area contributed by atoms with E-state index in [1.165, 1.54) is 31.2 Å². The van der Waals surface area contributed by atoms with Crippen LogP contribution in [0.2, 0.25) is 0 Å². The van der Waals surface area contributed by atoms with E-state index in [0.29, 0.717) is 16.3 Å². The van der Waals surface area contributed by atoms with Gasteiger partial charge in [-0.1, -0.05) is 26.0 Å². The molecule has 2 aromatic carbocycles. The van der Waals surface area contributed by atoms with Crippen LogP contribution in [0.15, 0.2) is 48.5 Å². The first-order valence-electron chi connectivity index (χ1n) is 15.1. The number of primary amides is 1.